The highest BCUT2D eigenvalue weighted by Crippen LogP contribution is 2.20. The van der Waals surface area contributed by atoms with Crippen LogP contribution in [0.15, 0.2) is 29.3 Å². The molecule has 0 bridgehead atoms. The summed E-state index contributed by atoms with van der Waals surface area (Å²) in [6.07, 6.45) is 9.38. The SMILES string of the molecule is CCNC(=NCc1ccc(CN2CCCC2)cc1)NCCCOC1CCCC1. The smallest absolute Gasteiger partial charge is 0.191 e. The number of likely N-dealkylation sites (tertiary alicyclic amines) is 1. The zero-order valence-corrected chi connectivity index (χ0v) is 17.6. The van der Waals surface area contributed by atoms with E-state index in [1.165, 1.54) is 62.7 Å². The third-order valence-electron chi connectivity index (χ3n) is 5.66. The van der Waals surface area contributed by atoms with Crippen LogP contribution in [0.3, 0.4) is 0 Å². The minimum absolute atomic E-state index is 0.510. The van der Waals surface area contributed by atoms with Crippen molar-refractivity contribution in [3.8, 4) is 0 Å². The van der Waals surface area contributed by atoms with E-state index in [0.717, 1.165) is 38.6 Å². The molecule has 0 spiro atoms. The maximum absolute atomic E-state index is 5.93. The van der Waals surface area contributed by atoms with Crippen LogP contribution in [0.1, 0.15) is 63.0 Å². The lowest BCUT2D eigenvalue weighted by Crippen LogP contribution is -2.38. The Labute approximate surface area is 170 Å². The van der Waals surface area contributed by atoms with E-state index in [1.807, 2.05) is 0 Å². The number of nitrogens with zero attached hydrogens (tertiary/aromatic N) is 2. The molecule has 1 saturated heterocycles. The first-order chi connectivity index (χ1) is 13.8. The molecular weight excluding hydrogens is 348 g/mol. The molecule has 0 atom stereocenters. The molecule has 0 aromatic heterocycles. The Bertz CT molecular complexity index is 575. The molecule has 5 heteroatoms. The second kappa shape index (κ2) is 12.1. The fourth-order valence-electron chi connectivity index (χ4n) is 4.05. The average molecular weight is 387 g/mol. The summed E-state index contributed by atoms with van der Waals surface area (Å²) in [6.45, 7) is 9.00. The topological polar surface area (TPSA) is 48.9 Å². The Morgan fingerprint density at radius 2 is 1.75 bits per heavy atom. The molecule has 28 heavy (non-hydrogen) atoms. The van der Waals surface area contributed by atoms with Gasteiger partial charge in [0.25, 0.3) is 0 Å². The van der Waals surface area contributed by atoms with E-state index >= 15 is 0 Å². The van der Waals surface area contributed by atoms with Gasteiger partial charge in [-0.2, -0.15) is 0 Å². The van der Waals surface area contributed by atoms with Gasteiger partial charge in [0.1, 0.15) is 0 Å². The summed E-state index contributed by atoms with van der Waals surface area (Å²) in [5, 5.41) is 6.76. The summed E-state index contributed by atoms with van der Waals surface area (Å²) < 4.78 is 5.93. The van der Waals surface area contributed by atoms with E-state index in [9.17, 15) is 0 Å². The minimum atomic E-state index is 0.510. The molecule has 1 aromatic rings. The third kappa shape index (κ3) is 7.44. The van der Waals surface area contributed by atoms with Crippen LogP contribution >= 0.6 is 0 Å². The van der Waals surface area contributed by atoms with Gasteiger partial charge in [-0.3, -0.25) is 4.90 Å². The summed E-state index contributed by atoms with van der Waals surface area (Å²) >= 11 is 0. The monoisotopic (exact) mass is 386 g/mol. The van der Waals surface area contributed by atoms with Crippen molar-refractivity contribution >= 4 is 5.96 Å². The second-order valence-corrected chi connectivity index (χ2v) is 8.05. The molecule has 0 radical (unpaired) electrons. The Hall–Kier alpha value is -1.59. The molecule has 2 N–H and O–H groups in total. The lowest BCUT2D eigenvalue weighted by molar-refractivity contribution is 0.0574. The average Bonchev–Trinajstić information content (AvgIpc) is 3.41. The van der Waals surface area contributed by atoms with E-state index < -0.39 is 0 Å². The number of ether oxygens (including phenoxy) is 1. The zero-order valence-electron chi connectivity index (χ0n) is 17.6. The molecule has 1 heterocycles. The van der Waals surface area contributed by atoms with Crippen LogP contribution in [0.25, 0.3) is 0 Å². The maximum Gasteiger partial charge on any atom is 0.191 e. The van der Waals surface area contributed by atoms with Crippen molar-refractivity contribution in [2.24, 2.45) is 4.99 Å². The first-order valence-corrected chi connectivity index (χ1v) is 11.3. The molecule has 0 amide bonds. The number of aliphatic imine (C=N–C) groups is 1. The van der Waals surface area contributed by atoms with Crippen molar-refractivity contribution in [1.82, 2.24) is 15.5 Å². The highest BCUT2D eigenvalue weighted by atomic mass is 16.5. The third-order valence-corrected chi connectivity index (χ3v) is 5.66. The van der Waals surface area contributed by atoms with Gasteiger partial charge in [0.2, 0.25) is 0 Å². The van der Waals surface area contributed by atoms with Crippen LogP contribution in [0.4, 0.5) is 0 Å². The number of rotatable bonds is 10. The standard InChI is InChI=1S/C23H38N4O/c1-2-24-23(25-14-7-17-28-22-8-3-4-9-22)26-18-20-10-12-21(13-11-20)19-27-15-5-6-16-27/h10-13,22H,2-9,14-19H2,1H3,(H2,24,25,26). The molecule has 2 fully saturated rings. The van der Waals surface area contributed by atoms with E-state index in [-0.39, 0.29) is 0 Å². The van der Waals surface area contributed by atoms with Crippen LogP contribution in [0.2, 0.25) is 0 Å². The number of hydrogen-bond acceptors (Lipinski definition) is 3. The highest BCUT2D eigenvalue weighted by molar-refractivity contribution is 5.79. The summed E-state index contributed by atoms with van der Waals surface area (Å²) in [6, 6.07) is 8.94. The van der Waals surface area contributed by atoms with Crippen molar-refractivity contribution in [2.45, 2.75) is 71.1 Å². The van der Waals surface area contributed by atoms with Crippen LogP contribution in [-0.4, -0.2) is 49.7 Å². The molecule has 1 saturated carbocycles. The van der Waals surface area contributed by atoms with Crippen molar-refractivity contribution in [3.63, 3.8) is 0 Å². The van der Waals surface area contributed by atoms with Gasteiger partial charge in [0, 0.05) is 26.2 Å². The van der Waals surface area contributed by atoms with E-state index in [4.69, 9.17) is 9.73 Å². The Morgan fingerprint density at radius 3 is 2.46 bits per heavy atom. The Balaban J connectivity index is 1.37. The molecule has 1 aliphatic heterocycles. The maximum atomic E-state index is 5.93. The molecule has 3 rings (SSSR count). The fraction of sp³-hybridized carbons (Fsp3) is 0.696. The number of benzene rings is 1. The molecule has 2 aliphatic rings. The normalized spacial score (nSPS) is 18.7. The van der Waals surface area contributed by atoms with Gasteiger partial charge in [-0.05, 0) is 63.2 Å². The summed E-state index contributed by atoms with van der Waals surface area (Å²) in [4.78, 5) is 7.27. The van der Waals surface area contributed by atoms with Gasteiger partial charge >= 0.3 is 0 Å². The van der Waals surface area contributed by atoms with E-state index in [2.05, 4.69) is 46.7 Å². The van der Waals surface area contributed by atoms with Gasteiger partial charge in [-0.25, -0.2) is 4.99 Å². The Kier molecular flexibility index (Phi) is 9.11. The number of nitrogens with one attached hydrogen (secondary N) is 2. The summed E-state index contributed by atoms with van der Waals surface area (Å²) in [5.41, 5.74) is 2.66. The van der Waals surface area contributed by atoms with Crippen molar-refractivity contribution in [3.05, 3.63) is 35.4 Å². The van der Waals surface area contributed by atoms with Gasteiger partial charge < -0.3 is 15.4 Å². The molecule has 1 aliphatic carbocycles. The van der Waals surface area contributed by atoms with Crippen LogP contribution < -0.4 is 10.6 Å². The van der Waals surface area contributed by atoms with Crippen LogP contribution in [0.5, 0.6) is 0 Å². The first kappa shape index (κ1) is 21.1. The second-order valence-electron chi connectivity index (χ2n) is 8.05. The van der Waals surface area contributed by atoms with Crippen molar-refractivity contribution in [1.29, 1.82) is 0 Å². The van der Waals surface area contributed by atoms with E-state index in [1.54, 1.807) is 0 Å². The lowest BCUT2D eigenvalue weighted by Gasteiger charge is -2.15. The quantitative estimate of drug-likeness (QED) is 0.366. The fourth-order valence-corrected chi connectivity index (χ4v) is 4.05. The summed E-state index contributed by atoms with van der Waals surface area (Å²) in [5.74, 6) is 0.893. The number of hydrogen-bond donors (Lipinski definition) is 2. The summed E-state index contributed by atoms with van der Waals surface area (Å²) in [7, 11) is 0. The van der Waals surface area contributed by atoms with Gasteiger partial charge in [0.05, 0.1) is 12.6 Å². The molecule has 156 valence electrons. The molecule has 1 aromatic carbocycles. The Morgan fingerprint density at radius 1 is 1.04 bits per heavy atom. The minimum Gasteiger partial charge on any atom is -0.378 e. The predicted molar refractivity (Wildman–Crippen MR) is 117 cm³/mol. The van der Waals surface area contributed by atoms with Crippen LogP contribution in [-0.2, 0) is 17.8 Å². The van der Waals surface area contributed by atoms with E-state index in [0.29, 0.717) is 12.6 Å². The highest BCUT2D eigenvalue weighted by Gasteiger charge is 2.14. The van der Waals surface area contributed by atoms with Gasteiger partial charge in [-0.1, -0.05) is 37.1 Å². The predicted octanol–water partition coefficient (Wildman–Crippen LogP) is 3.69. The molecular formula is C23H38N4O. The molecule has 5 nitrogen and oxygen atoms in total. The largest absolute Gasteiger partial charge is 0.378 e. The van der Waals surface area contributed by atoms with Crippen LogP contribution in [0, 0.1) is 0 Å². The van der Waals surface area contributed by atoms with Crippen molar-refractivity contribution in [2.75, 3.05) is 32.8 Å². The molecule has 0 unspecified atom stereocenters. The zero-order chi connectivity index (χ0) is 19.4. The van der Waals surface area contributed by atoms with Gasteiger partial charge in [0.15, 0.2) is 5.96 Å². The lowest BCUT2D eigenvalue weighted by atomic mass is 10.1. The first-order valence-electron chi connectivity index (χ1n) is 11.3. The number of guanidine groups is 1. The van der Waals surface area contributed by atoms with Crippen molar-refractivity contribution < 1.29 is 4.74 Å². The van der Waals surface area contributed by atoms with Gasteiger partial charge in [-0.15, -0.1) is 0 Å².